The zero-order valence-electron chi connectivity index (χ0n) is 17.4. The molecule has 0 radical (unpaired) electrons. The van der Waals surface area contributed by atoms with Gasteiger partial charge in [0.25, 0.3) is 5.91 Å². The van der Waals surface area contributed by atoms with E-state index >= 15 is 0 Å². The fourth-order valence-electron chi connectivity index (χ4n) is 3.43. The summed E-state index contributed by atoms with van der Waals surface area (Å²) in [6.07, 6.45) is 4.14. The number of amides is 1. The van der Waals surface area contributed by atoms with E-state index in [9.17, 15) is 13.6 Å². The summed E-state index contributed by atoms with van der Waals surface area (Å²) in [6, 6.07) is 5.41. The number of halogens is 3. The van der Waals surface area contributed by atoms with E-state index in [0.717, 1.165) is 55.7 Å². The van der Waals surface area contributed by atoms with E-state index < -0.39 is 11.6 Å². The molecule has 1 aliphatic rings. The van der Waals surface area contributed by atoms with Crippen molar-refractivity contribution >= 4 is 30.1 Å². The lowest BCUT2D eigenvalue weighted by Gasteiger charge is -2.30. The van der Waals surface area contributed by atoms with E-state index in [0.29, 0.717) is 5.95 Å². The third kappa shape index (κ3) is 6.01. The van der Waals surface area contributed by atoms with Crippen LogP contribution in [0.2, 0.25) is 0 Å². The summed E-state index contributed by atoms with van der Waals surface area (Å²) in [6.45, 7) is 2.06. The van der Waals surface area contributed by atoms with Gasteiger partial charge in [-0.15, -0.1) is 12.4 Å². The zero-order valence-corrected chi connectivity index (χ0v) is 18.2. The first-order valence-corrected chi connectivity index (χ1v) is 9.93. The molecule has 30 heavy (non-hydrogen) atoms. The quantitative estimate of drug-likeness (QED) is 0.713. The topological polar surface area (TPSA) is 70.2 Å². The van der Waals surface area contributed by atoms with Gasteiger partial charge < -0.3 is 15.5 Å². The Morgan fingerprint density at radius 2 is 1.73 bits per heavy atom. The Kier molecular flexibility index (Phi) is 8.34. The molecule has 9 heteroatoms. The molecule has 1 aromatic carbocycles. The van der Waals surface area contributed by atoms with Crippen LogP contribution < -0.4 is 15.5 Å². The van der Waals surface area contributed by atoms with Gasteiger partial charge in [0.1, 0.15) is 5.82 Å². The highest BCUT2D eigenvalue weighted by atomic mass is 35.5. The summed E-state index contributed by atoms with van der Waals surface area (Å²) in [5.74, 6) is -0.860. The van der Waals surface area contributed by atoms with Gasteiger partial charge in [-0.25, -0.2) is 13.8 Å². The normalized spacial score (nSPS) is 18.3. The largest absolute Gasteiger partial charge is 0.363 e. The van der Waals surface area contributed by atoms with Crippen molar-refractivity contribution in [3.05, 3.63) is 47.2 Å². The third-order valence-corrected chi connectivity index (χ3v) is 5.16. The Bertz CT molecular complexity index is 872. The van der Waals surface area contributed by atoms with E-state index in [1.54, 1.807) is 0 Å². The number of carbonyl (C=O) groups excluding carboxylic acids is 1. The number of anilines is 2. The fraction of sp³-hybridized carbons (Fsp3) is 0.476. The number of aromatic nitrogens is 2. The molecule has 1 heterocycles. The van der Waals surface area contributed by atoms with Crippen molar-refractivity contribution in [1.82, 2.24) is 15.3 Å². The van der Waals surface area contributed by atoms with Crippen LogP contribution in [0.1, 0.15) is 48.7 Å². The molecule has 0 atom stereocenters. The molecule has 2 N–H and O–H groups in total. The highest BCUT2D eigenvalue weighted by Gasteiger charge is 2.24. The van der Waals surface area contributed by atoms with Crippen LogP contribution in [-0.2, 0) is 6.42 Å². The van der Waals surface area contributed by atoms with Crippen LogP contribution in [0.4, 0.5) is 20.5 Å². The van der Waals surface area contributed by atoms with Crippen molar-refractivity contribution in [3.63, 3.8) is 0 Å². The molecule has 6 nitrogen and oxygen atoms in total. The number of benzene rings is 1. The van der Waals surface area contributed by atoms with Crippen LogP contribution in [-0.4, -0.2) is 42.1 Å². The van der Waals surface area contributed by atoms with E-state index in [1.165, 1.54) is 6.07 Å². The van der Waals surface area contributed by atoms with Crippen LogP contribution in [0.3, 0.4) is 0 Å². The zero-order chi connectivity index (χ0) is 21.0. The molecule has 0 bridgehead atoms. The molecule has 2 aromatic rings. The summed E-state index contributed by atoms with van der Waals surface area (Å²) in [5, 5.41) is 6.33. The van der Waals surface area contributed by atoms with Gasteiger partial charge in [0.05, 0.1) is 0 Å². The first-order valence-electron chi connectivity index (χ1n) is 9.93. The van der Waals surface area contributed by atoms with E-state index in [2.05, 4.69) is 27.5 Å². The Labute approximate surface area is 181 Å². The second-order valence-corrected chi connectivity index (χ2v) is 7.58. The number of rotatable bonds is 6. The van der Waals surface area contributed by atoms with Gasteiger partial charge in [0.15, 0.2) is 11.6 Å². The van der Waals surface area contributed by atoms with Crippen LogP contribution in [0.25, 0.3) is 0 Å². The number of hydrogen-bond acceptors (Lipinski definition) is 5. The van der Waals surface area contributed by atoms with Gasteiger partial charge >= 0.3 is 0 Å². The highest BCUT2D eigenvalue weighted by molar-refractivity contribution is 5.94. The monoisotopic (exact) mass is 439 g/mol. The van der Waals surface area contributed by atoms with Crippen LogP contribution in [0, 0.1) is 11.6 Å². The molecule has 0 spiro atoms. The van der Waals surface area contributed by atoms with Crippen molar-refractivity contribution in [2.45, 2.75) is 51.1 Å². The summed E-state index contributed by atoms with van der Waals surface area (Å²) >= 11 is 0. The first kappa shape index (κ1) is 23.8. The number of aryl methyl sites for hydroxylation is 1. The van der Waals surface area contributed by atoms with Gasteiger partial charge in [-0.05, 0) is 50.3 Å². The maximum Gasteiger partial charge on any atom is 0.251 e. The minimum atomic E-state index is -1.02. The second kappa shape index (κ2) is 10.5. The lowest BCUT2D eigenvalue weighted by Crippen LogP contribution is -2.40. The molecule has 1 aromatic heterocycles. The van der Waals surface area contributed by atoms with Gasteiger partial charge in [-0.1, -0.05) is 6.92 Å². The maximum atomic E-state index is 13.3. The lowest BCUT2D eigenvalue weighted by atomic mass is 9.91. The second-order valence-electron chi connectivity index (χ2n) is 7.58. The lowest BCUT2D eigenvalue weighted by molar-refractivity contribution is 0.0926. The van der Waals surface area contributed by atoms with Gasteiger partial charge in [0.2, 0.25) is 5.95 Å². The molecular formula is C21H28ClF2N5O. The molecule has 1 aliphatic carbocycles. The minimum absolute atomic E-state index is 0. The SMILES string of the molecule is CCc1cc(N(C)C)nc(N[C@H]2CC[C@@H](NC(=O)c3ccc(F)c(F)c3)CC2)n1.Cl. The van der Waals surface area contributed by atoms with Crippen LogP contribution >= 0.6 is 12.4 Å². The number of nitrogens with zero attached hydrogens (tertiary/aromatic N) is 3. The number of nitrogens with one attached hydrogen (secondary N) is 2. The predicted molar refractivity (Wildman–Crippen MR) is 116 cm³/mol. The Morgan fingerprint density at radius 1 is 1.07 bits per heavy atom. The highest BCUT2D eigenvalue weighted by Crippen LogP contribution is 2.23. The molecular weight excluding hydrogens is 412 g/mol. The maximum absolute atomic E-state index is 13.3. The standard InChI is InChI=1S/C21H27F2N5O.ClH/c1-4-14-12-19(28(2)3)27-21(25-14)26-16-8-6-15(7-9-16)24-20(29)13-5-10-17(22)18(23)11-13;/h5,10-12,15-16H,4,6-9H2,1-3H3,(H,24,29)(H,25,26,27);1H/t15-,16+;. The molecule has 1 fully saturated rings. The van der Waals surface area contributed by atoms with Crippen molar-refractivity contribution in [2.24, 2.45) is 0 Å². The average molecular weight is 440 g/mol. The molecule has 1 amide bonds. The molecule has 0 saturated heterocycles. The van der Waals surface area contributed by atoms with Crippen molar-refractivity contribution in [3.8, 4) is 0 Å². The van der Waals surface area contributed by atoms with Crippen LogP contribution in [0.5, 0.6) is 0 Å². The van der Waals surface area contributed by atoms with E-state index in [1.807, 2.05) is 25.1 Å². The van der Waals surface area contributed by atoms with Crippen molar-refractivity contribution < 1.29 is 13.6 Å². The van der Waals surface area contributed by atoms with Crippen molar-refractivity contribution in [2.75, 3.05) is 24.3 Å². The number of hydrogen-bond donors (Lipinski definition) is 2. The smallest absolute Gasteiger partial charge is 0.251 e. The predicted octanol–water partition coefficient (Wildman–Crippen LogP) is 3.96. The Balaban J connectivity index is 0.00000320. The van der Waals surface area contributed by atoms with E-state index in [-0.39, 0.29) is 36.0 Å². The average Bonchev–Trinajstić information content (AvgIpc) is 2.71. The van der Waals surface area contributed by atoms with Crippen molar-refractivity contribution in [1.29, 1.82) is 0 Å². The van der Waals surface area contributed by atoms with Gasteiger partial charge in [-0.3, -0.25) is 4.79 Å². The number of carbonyl (C=O) groups is 1. The molecule has 0 unspecified atom stereocenters. The molecule has 164 valence electrons. The molecule has 3 rings (SSSR count). The molecule has 1 saturated carbocycles. The first-order chi connectivity index (χ1) is 13.9. The summed E-state index contributed by atoms with van der Waals surface area (Å²) in [4.78, 5) is 23.4. The van der Waals surface area contributed by atoms with Gasteiger partial charge in [-0.2, -0.15) is 4.98 Å². The van der Waals surface area contributed by atoms with Gasteiger partial charge in [0, 0.05) is 43.5 Å². The summed E-state index contributed by atoms with van der Waals surface area (Å²) in [7, 11) is 3.90. The minimum Gasteiger partial charge on any atom is -0.363 e. The Hall–Kier alpha value is -2.48. The summed E-state index contributed by atoms with van der Waals surface area (Å²) in [5.41, 5.74) is 1.11. The van der Waals surface area contributed by atoms with E-state index in [4.69, 9.17) is 0 Å². The summed E-state index contributed by atoms with van der Waals surface area (Å²) < 4.78 is 26.4. The molecule has 0 aliphatic heterocycles. The van der Waals surface area contributed by atoms with Crippen LogP contribution in [0.15, 0.2) is 24.3 Å². The Morgan fingerprint density at radius 3 is 2.33 bits per heavy atom. The fourth-order valence-corrected chi connectivity index (χ4v) is 3.43. The third-order valence-electron chi connectivity index (χ3n) is 5.16.